The van der Waals surface area contributed by atoms with E-state index in [1.807, 2.05) is 20.8 Å². The summed E-state index contributed by atoms with van der Waals surface area (Å²) in [6.07, 6.45) is 7.02. The summed E-state index contributed by atoms with van der Waals surface area (Å²) in [5.74, 6) is -1.15. The SMILES string of the molecule is CC(C)CCC1(C)C(=O)C(C2=NS(=O)(=O)c3cc(NS(C)(=O)=O)ccc3N2)=C(O)c2cccn21.CC(C)CCC1(C)C(=O)C(C2=NS(=O)(=O)c3ccccc3N2)=C(O)c2cccn21. The number of benzene rings is 2. The number of Topliss-reactive ketones (excluding diaryl/α,β-unsaturated/α-hetero) is 2. The van der Waals surface area contributed by atoms with Crippen molar-refractivity contribution in [1.82, 2.24) is 9.13 Å². The summed E-state index contributed by atoms with van der Waals surface area (Å²) in [7, 11) is -11.9. The molecule has 17 nitrogen and oxygen atoms in total. The second kappa shape index (κ2) is 16.0. The van der Waals surface area contributed by atoms with Gasteiger partial charge in [0, 0.05) is 18.1 Å². The van der Waals surface area contributed by atoms with Gasteiger partial charge in [-0.1, -0.05) is 39.8 Å². The number of nitrogens with zero attached hydrogens (tertiary/aromatic N) is 4. The summed E-state index contributed by atoms with van der Waals surface area (Å²) in [4.78, 5) is 27.1. The lowest BCUT2D eigenvalue weighted by Crippen LogP contribution is -2.46. The van der Waals surface area contributed by atoms with Crippen LogP contribution in [0.25, 0.3) is 11.5 Å². The zero-order chi connectivity index (χ0) is 46.0. The van der Waals surface area contributed by atoms with Gasteiger partial charge in [-0.2, -0.15) is 16.8 Å². The average molecular weight is 920 g/mol. The Morgan fingerprint density at radius 2 is 1.13 bits per heavy atom. The quantitative estimate of drug-likeness (QED) is 0.110. The Morgan fingerprint density at radius 3 is 1.59 bits per heavy atom. The third kappa shape index (κ3) is 8.22. The van der Waals surface area contributed by atoms with Gasteiger partial charge in [-0.05, 0) is 106 Å². The third-order valence-corrected chi connectivity index (χ3v) is 14.8. The van der Waals surface area contributed by atoms with E-state index in [4.69, 9.17) is 0 Å². The molecule has 63 heavy (non-hydrogen) atoms. The zero-order valence-electron chi connectivity index (χ0n) is 35.7. The second-order valence-electron chi connectivity index (χ2n) is 17.2. The standard InChI is InChI=1S/C22H26N4O6S2.C21H23N3O4S/c1-13(2)9-10-22(3)20(28)18(19(27)16-6-5-11-26(16)22)21-23-15-8-7-14(24-33(4,29)30)12-17(15)34(31,32)25-21;1-13(2)10-11-21(3)19(26)17(18(25)15-8-6-12-24(15)21)20-22-14-7-4-5-9-16(14)29(27,28)23-20/h5-8,11-13,24,27H,9-10H2,1-4H3,(H,23,25);4-9,12-13,25H,10-11H2,1-3H3,(H,22,23). The molecule has 2 atom stereocenters. The molecule has 2 aromatic carbocycles. The fourth-order valence-corrected chi connectivity index (χ4v) is 10.9. The van der Waals surface area contributed by atoms with Gasteiger partial charge >= 0.3 is 0 Å². The van der Waals surface area contributed by atoms with Gasteiger partial charge < -0.3 is 30.0 Å². The molecule has 2 aromatic heterocycles. The van der Waals surface area contributed by atoms with Crippen molar-refractivity contribution in [2.75, 3.05) is 21.6 Å². The van der Waals surface area contributed by atoms with Crippen LogP contribution in [0.1, 0.15) is 78.6 Å². The lowest BCUT2D eigenvalue weighted by Gasteiger charge is -2.37. The first-order chi connectivity index (χ1) is 29.4. The molecule has 0 saturated heterocycles. The first kappa shape index (κ1) is 45.0. The number of hydrogen-bond donors (Lipinski definition) is 5. The number of aliphatic hydroxyl groups excluding tert-OH is 2. The van der Waals surface area contributed by atoms with E-state index in [1.54, 1.807) is 70.9 Å². The number of ketones is 2. The van der Waals surface area contributed by atoms with E-state index in [0.717, 1.165) is 25.2 Å². The van der Waals surface area contributed by atoms with Crippen LogP contribution >= 0.6 is 0 Å². The molecule has 2 unspecified atom stereocenters. The highest BCUT2D eigenvalue weighted by Gasteiger charge is 2.48. The summed E-state index contributed by atoms with van der Waals surface area (Å²) in [6, 6.07) is 17.1. The number of carbonyl (C=O) groups excluding carboxylic acids is 2. The molecule has 0 saturated carbocycles. The van der Waals surface area contributed by atoms with Crippen LogP contribution in [0.15, 0.2) is 109 Å². The van der Waals surface area contributed by atoms with E-state index in [2.05, 4.69) is 38.0 Å². The highest BCUT2D eigenvalue weighted by molar-refractivity contribution is 7.92. The van der Waals surface area contributed by atoms with Gasteiger partial charge in [0.2, 0.25) is 10.0 Å². The van der Waals surface area contributed by atoms with Crippen LogP contribution in [0.3, 0.4) is 0 Å². The van der Waals surface area contributed by atoms with Crippen molar-refractivity contribution in [3.8, 4) is 0 Å². The van der Waals surface area contributed by atoms with E-state index >= 15 is 0 Å². The molecule has 0 radical (unpaired) electrons. The van der Waals surface area contributed by atoms with Crippen molar-refractivity contribution in [2.24, 2.45) is 20.6 Å². The molecule has 4 aliphatic rings. The first-order valence-corrected chi connectivity index (χ1v) is 24.9. The maximum absolute atomic E-state index is 13.7. The van der Waals surface area contributed by atoms with Crippen LogP contribution in [0.4, 0.5) is 17.1 Å². The topological polar surface area (TPSA) is 248 Å². The largest absolute Gasteiger partial charge is 0.505 e. The molecular weight excluding hydrogens is 871 g/mol. The van der Waals surface area contributed by atoms with Crippen LogP contribution in [-0.2, 0) is 50.7 Å². The van der Waals surface area contributed by atoms with E-state index in [1.165, 1.54) is 18.2 Å². The summed E-state index contributed by atoms with van der Waals surface area (Å²) in [6.45, 7) is 11.8. The minimum atomic E-state index is -4.31. The van der Waals surface area contributed by atoms with Gasteiger partial charge in [0.1, 0.15) is 32.0 Å². The molecular formula is C43H49N7O10S3. The van der Waals surface area contributed by atoms with Crippen LogP contribution in [0.5, 0.6) is 0 Å². The van der Waals surface area contributed by atoms with Crippen molar-refractivity contribution in [3.63, 3.8) is 0 Å². The van der Waals surface area contributed by atoms with Crippen LogP contribution in [0, 0.1) is 11.8 Å². The Morgan fingerprint density at radius 1 is 0.683 bits per heavy atom. The summed E-state index contributed by atoms with van der Waals surface area (Å²) < 4.78 is 87.7. The normalized spacial score (nSPS) is 22.1. The Balaban J connectivity index is 0.000000191. The number of amidine groups is 2. The molecule has 0 aliphatic carbocycles. The molecule has 0 fully saturated rings. The average Bonchev–Trinajstić information content (AvgIpc) is 3.90. The number of fused-ring (bicyclic) bond motifs is 4. The molecule has 8 rings (SSSR count). The Hall–Kier alpha value is -5.99. The minimum absolute atomic E-state index is 0.0399. The highest BCUT2D eigenvalue weighted by atomic mass is 32.2. The highest BCUT2D eigenvalue weighted by Crippen LogP contribution is 2.42. The van der Waals surface area contributed by atoms with Crippen molar-refractivity contribution in [2.45, 2.75) is 88.1 Å². The number of para-hydroxylation sites is 1. The van der Waals surface area contributed by atoms with Gasteiger partial charge in [0.25, 0.3) is 20.0 Å². The van der Waals surface area contributed by atoms with Crippen molar-refractivity contribution < 1.29 is 45.1 Å². The van der Waals surface area contributed by atoms with E-state index in [0.29, 0.717) is 41.8 Å². The maximum atomic E-state index is 13.7. The first-order valence-electron chi connectivity index (χ1n) is 20.2. The molecule has 4 aromatic rings. The summed E-state index contributed by atoms with van der Waals surface area (Å²) >= 11 is 0. The summed E-state index contributed by atoms with van der Waals surface area (Å²) in [5, 5.41) is 27.6. The fourth-order valence-electron chi connectivity index (χ4n) is 8.05. The molecule has 6 heterocycles. The number of aliphatic hydroxyl groups is 2. The molecule has 4 aliphatic heterocycles. The van der Waals surface area contributed by atoms with Gasteiger partial charge in [0.15, 0.2) is 34.8 Å². The molecule has 0 amide bonds. The predicted octanol–water partition coefficient (Wildman–Crippen LogP) is 6.78. The second-order valence-corrected chi connectivity index (χ2v) is 22.1. The summed E-state index contributed by atoms with van der Waals surface area (Å²) in [5.41, 5.74) is -0.936. The molecule has 20 heteroatoms. The lowest BCUT2D eigenvalue weighted by atomic mass is 9.80. The van der Waals surface area contributed by atoms with Crippen molar-refractivity contribution in [3.05, 3.63) is 102 Å². The van der Waals surface area contributed by atoms with Gasteiger partial charge in [-0.15, -0.1) is 8.80 Å². The molecule has 0 spiro atoms. The van der Waals surface area contributed by atoms with Gasteiger partial charge in [0.05, 0.1) is 29.0 Å². The van der Waals surface area contributed by atoms with Gasteiger partial charge in [-0.25, -0.2) is 8.42 Å². The van der Waals surface area contributed by atoms with Gasteiger partial charge in [-0.3, -0.25) is 14.3 Å². The number of sulfonamides is 3. The van der Waals surface area contributed by atoms with Crippen molar-refractivity contribution in [1.29, 1.82) is 0 Å². The third-order valence-electron chi connectivity index (χ3n) is 11.5. The zero-order valence-corrected chi connectivity index (χ0v) is 38.1. The smallest absolute Gasteiger partial charge is 0.286 e. The number of rotatable bonds is 10. The predicted molar refractivity (Wildman–Crippen MR) is 241 cm³/mol. The number of carbonyl (C=O) groups is 2. The van der Waals surface area contributed by atoms with Crippen LogP contribution in [-0.4, -0.2) is 74.1 Å². The molecule has 0 bridgehead atoms. The number of hydrogen-bond acceptors (Lipinski definition) is 12. The van der Waals surface area contributed by atoms with Crippen LogP contribution < -0.4 is 15.4 Å². The number of anilines is 3. The van der Waals surface area contributed by atoms with E-state index in [-0.39, 0.29) is 61.3 Å². The molecule has 334 valence electrons. The van der Waals surface area contributed by atoms with Crippen molar-refractivity contribution >= 4 is 81.9 Å². The lowest BCUT2D eigenvalue weighted by molar-refractivity contribution is -0.124. The van der Waals surface area contributed by atoms with Crippen LogP contribution in [0.2, 0.25) is 0 Å². The minimum Gasteiger partial charge on any atom is -0.505 e. The number of nitrogens with one attached hydrogen (secondary N) is 3. The molecule has 5 N–H and O–H groups in total. The van der Waals surface area contributed by atoms with E-state index < -0.39 is 46.9 Å². The Labute approximate surface area is 366 Å². The fraction of sp³-hybridized carbons (Fsp3) is 0.349. The number of aromatic nitrogens is 2. The monoisotopic (exact) mass is 919 g/mol. The maximum Gasteiger partial charge on any atom is 0.286 e. The Bertz CT molecular complexity index is 3050. The van der Waals surface area contributed by atoms with E-state index in [9.17, 15) is 45.1 Å². The Kier molecular flexibility index (Phi) is 11.4.